The molecule has 0 saturated carbocycles. The van der Waals surface area contributed by atoms with Gasteiger partial charge in [-0.15, -0.1) is 0 Å². The maximum absolute atomic E-state index is 11.2. The van der Waals surface area contributed by atoms with Crippen molar-refractivity contribution < 1.29 is 17.9 Å². The predicted octanol–water partition coefficient (Wildman–Crippen LogP) is 0.144. The van der Waals surface area contributed by atoms with E-state index in [2.05, 4.69) is 4.98 Å². The van der Waals surface area contributed by atoms with Crippen LogP contribution in [-0.4, -0.2) is 33.2 Å². The average Bonchev–Trinajstić information content (AvgIpc) is 2.24. The minimum absolute atomic E-state index is 0.00435. The molecule has 0 saturated heterocycles. The summed E-state index contributed by atoms with van der Waals surface area (Å²) in [5, 5.41) is 5.01. The molecular weight excluding hydrogens is 232 g/mol. The monoisotopic (exact) mass is 246 g/mol. The van der Waals surface area contributed by atoms with Crippen molar-refractivity contribution in [2.24, 2.45) is 5.14 Å². The molecule has 1 rings (SSSR count). The first-order chi connectivity index (χ1) is 7.55. The number of ether oxygens (including phenoxy) is 2. The topological polar surface area (TPSA) is 91.5 Å². The third-order valence-corrected chi connectivity index (χ3v) is 2.64. The number of hydrogen-bond donors (Lipinski definition) is 1. The average molecular weight is 246 g/mol. The summed E-state index contributed by atoms with van der Waals surface area (Å²) in [7, 11) is -3.80. The second-order valence-electron chi connectivity index (χ2n) is 2.90. The number of nitrogens with two attached hydrogens (primary N) is 1. The lowest BCUT2D eigenvalue weighted by Gasteiger charge is -2.08. The molecule has 0 spiro atoms. The smallest absolute Gasteiger partial charge is 0.243 e. The zero-order valence-corrected chi connectivity index (χ0v) is 9.74. The molecule has 0 aromatic carbocycles. The quantitative estimate of drug-likeness (QED) is 0.721. The maximum Gasteiger partial charge on any atom is 0.243 e. The Hall–Kier alpha value is -1.18. The molecule has 0 atom stereocenters. The summed E-state index contributed by atoms with van der Waals surface area (Å²) < 4.78 is 32.6. The van der Waals surface area contributed by atoms with E-state index in [4.69, 9.17) is 14.6 Å². The summed E-state index contributed by atoms with van der Waals surface area (Å²) in [6.07, 6.45) is 1.44. The van der Waals surface area contributed by atoms with Crippen LogP contribution in [0.15, 0.2) is 23.2 Å². The molecule has 0 aliphatic rings. The van der Waals surface area contributed by atoms with Crippen LogP contribution in [0.3, 0.4) is 0 Å². The van der Waals surface area contributed by atoms with Crippen molar-refractivity contribution in [1.29, 1.82) is 0 Å². The van der Waals surface area contributed by atoms with E-state index in [1.165, 1.54) is 18.3 Å². The van der Waals surface area contributed by atoms with Gasteiger partial charge in [0.15, 0.2) is 0 Å². The molecular formula is C9H14N2O4S. The number of primary sulfonamides is 1. The van der Waals surface area contributed by atoms with Crippen molar-refractivity contribution >= 4 is 10.0 Å². The van der Waals surface area contributed by atoms with E-state index in [1.807, 2.05) is 6.92 Å². The van der Waals surface area contributed by atoms with Crippen LogP contribution in [0.25, 0.3) is 0 Å². The first-order valence-corrected chi connectivity index (χ1v) is 6.28. The first kappa shape index (κ1) is 12.9. The van der Waals surface area contributed by atoms with Gasteiger partial charge in [0.25, 0.3) is 0 Å². The lowest BCUT2D eigenvalue weighted by molar-refractivity contribution is 0.107. The summed E-state index contributed by atoms with van der Waals surface area (Å²) in [6.45, 7) is 3.04. The van der Waals surface area contributed by atoms with Crippen molar-refractivity contribution in [2.45, 2.75) is 11.8 Å². The molecule has 0 aliphatic heterocycles. The van der Waals surface area contributed by atoms with Gasteiger partial charge in [-0.3, -0.25) is 0 Å². The van der Waals surface area contributed by atoms with Gasteiger partial charge in [0.05, 0.1) is 6.61 Å². The van der Waals surface area contributed by atoms with Crippen LogP contribution in [0.1, 0.15) is 6.92 Å². The first-order valence-electron chi connectivity index (χ1n) is 4.74. The third kappa shape index (κ3) is 3.76. The van der Waals surface area contributed by atoms with Crippen LogP contribution in [0.4, 0.5) is 0 Å². The van der Waals surface area contributed by atoms with E-state index in [0.29, 0.717) is 13.2 Å². The number of aromatic nitrogens is 1. The van der Waals surface area contributed by atoms with Crippen molar-refractivity contribution in [3.63, 3.8) is 0 Å². The molecule has 2 N–H and O–H groups in total. The Morgan fingerprint density at radius 3 is 2.81 bits per heavy atom. The van der Waals surface area contributed by atoms with Crippen LogP contribution in [0, 0.1) is 0 Å². The minimum atomic E-state index is -3.80. The molecule has 0 bridgehead atoms. The largest absolute Gasteiger partial charge is 0.474 e. The van der Waals surface area contributed by atoms with Gasteiger partial charge < -0.3 is 9.47 Å². The van der Waals surface area contributed by atoms with Crippen molar-refractivity contribution in [3.05, 3.63) is 18.3 Å². The number of rotatable bonds is 6. The number of hydrogen-bond acceptors (Lipinski definition) is 5. The Labute approximate surface area is 94.4 Å². The summed E-state index contributed by atoms with van der Waals surface area (Å²) in [6, 6.07) is 2.83. The fraction of sp³-hybridized carbons (Fsp3) is 0.444. The van der Waals surface area contributed by atoms with E-state index in [0.717, 1.165) is 0 Å². The molecule has 7 heteroatoms. The highest BCUT2D eigenvalue weighted by atomic mass is 32.2. The normalized spacial score (nSPS) is 11.4. The Balaban J connectivity index is 2.73. The molecule has 0 amide bonds. The standard InChI is InChI=1S/C9H14N2O4S/c1-2-14-6-7-15-9-8(16(10,12)13)4-3-5-11-9/h3-5H,2,6-7H2,1H3,(H2,10,12,13). The summed E-state index contributed by atoms with van der Waals surface area (Å²) >= 11 is 0. The summed E-state index contributed by atoms with van der Waals surface area (Å²) in [4.78, 5) is 3.69. The Morgan fingerprint density at radius 1 is 1.44 bits per heavy atom. The minimum Gasteiger partial charge on any atom is -0.474 e. The lowest BCUT2D eigenvalue weighted by Crippen LogP contribution is -2.16. The third-order valence-electron chi connectivity index (χ3n) is 1.71. The molecule has 0 fully saturated rings. The van der Waals surface area contributed by atoms with Crippen LogP contribution < -0.4 is 9.88 Å². The van der Waals surface area contributed by atoms with E-state index < -0.39 is 10.0 Å². The van der Waals surface area contributed by atoms with Gasteiger partial charge in [-0.05, 0) is 19.1 Å². The van der Waals surface area contributed by atoms with Gasteiger partial charge in [0.1, 0.15) is 11.5 Å². The molecule has 1 heterocycles. The molecule has 1 aromatic heterocycles. The van der Waals surface area contributed by atoms with Gasteiger partial charge in [-0.1, -0.05) is 0 Å². The van der Waals surface area contributed by atoms with Gasteiger partial charge in [-0.2, -0.15) is 0 Å². The van der Waals surface area contributed by atoms with Gasteiger partial charge in [-0.25, -0.2) is 18.5 Å². The molecule has 90 valence electrons. The van der Waals surface area contributed by atoms with Gasteiger partial charge in [0, 0.05) is 12.8 Å². The van der Waals surface area contributed by atoms with E-state index >= 15 is 0 Å². The predicted molar refractivity (Wildman–Crippen MR) is 57.6 cm³/mol. The fourth-order valence-electron chi connectivity index (χ4n) is 1.04. The molecule has 0 unspecified atom stereocenters. The second-order valence-corrected chi connectivity index (χ2v) is 4.43. The molecule has 0 aliphatic carbocycles. The van der Waals surface area contributed by atoms with Crippen LogP contribution in [-0.2, 0) is 14.8 Å². The fourth-order valence-corrected chi connectivity index (χ4v) is 1.67. The lowest BCUT2D eigenvalue weighted by atomic mass is 10.5. The van der Waals surface area contributed by atoms with Gasteiger partial charge in [0.2, 0.25) is 15.9 Å². The molecule has 16 heavy (non-hydrogen) atoms. The number of pyridine rings is 1. The van der Waals surface area contributed by atoms with Crippen LogP contribution in [0.5, 0.6) is 5.88 Å². The molecule has 1 aromatic rings. The van der Waals surface area contributed by atoms with Crippen molar-refractivity contribution in [3.8, 4) is 5.88 Å². The highest BCUT2D eigenvalue weighted by Gasteiger charge is 2.15. The SMILES string of the molecule is CCOCCOc1ncccc1S(N)(=O)=O. The Kier molecular flexibility index (Phi) is 4.66. The van der Waals surface area contributed by atoms with E-state index in [9.17, 15) is 8.42 Å². The van der Waals surface area contributed by atoms with Gasteiger partial charge >= 0.3 is 0 Å². The highest BCUT2D eigenvalue weighted by molar-refractivity contribution is 7.89. The summed E-state index contributed by atoms with van der Waals surface area (Å²) in [5.74, 6) is 0.00435. The van der Waals surface area contributed by atoms with Crippen molar-refractivity contribution in [2.75, 3.05) is 19.8 Å². The maximum atomic E-state index is 11.2. The highest BCUT2D eigenvalue weighted by Crippen LogP contribution is 2.18. The van der Waals surface area contributed by atoms with E-state index in [-0.39, 0.29) is 17.4 Å². The molecule has 6 nitrogen and oxygen atoms in total. The second kappa shape index (κ2) is 5.78. The number of nitrogens with zero attached hydrogens (tertiary/aromatic N) is 1. The zero-order chi connectivity index (χ0) is 12.0. The summed E-state index contributed by atoms with van der Waals surface area (Å²) in [5.41, 5.74) is 0. The molecule has 0 radical (unpaired) electrons. The van der Waals surface area contributed by atoms with E-state index in [1.54, 1.807) is 0 Å². The van der Waals surface area contributed by atoms with Crippen LogP contribution >= 0.6 is 0 Å². The zero-order valence-electron chi connectivity index (χ0n) is 8.92. The Morgan fingerprint density at radius 2 is 2.19 bits per heavy atom. The van der Waals surface area contributed by atoms with Crippen LogP contribution in [0.2, 0.25) is 0 Å². The number of sulfonamides is 1. The Bertz CT molecular complexity index is 433. The van der Waals surface area contributed by atoms with Crippen molar-refractivity contribution in [1.82, 2.24) is 4.98 Å².